The van der Waals surface area contributed by atoms with E-state index in [1.165, 1.54) is 4.90 Å². The zero-order chi connectivity index (χ0) is 14.8. The molecule has 0 atom stereocenters. The van der Waals surface area contributed by atoms with Crippen LogP contribution in [0.5, 0.6) is 0 Å². The molecule has 0 aromatic heterocycles. The van der Waals surface area contributed by atoms with Crippen LogP contribution in [0.15, 0.2) is 0 Å². The third-order valence-corrected chi connectivity index (χ3v) is 2.96. The van der Waals surface area contributed by atoms with Gasteiger partial charge in [0.05, 0.1) is 57.8 Å². The highest BCUT2D eigenvalue weighted by atomic mass is 32.1. The highest BCUT2D eigenvalue weighted by Crippen LogP contribution is 2.07. The Morgan fingerprint density at radius 2 is 1.16 bits per heavy atom. The van der Waals surface area contributed by atoms with Gasteiger partial charge in [0.15, 0.2) is 5.11 Å². The smallest absolute Gasteiger partial charge is 0.170 e. The average Bonchev–Trinajstić information content (AvgIpc) is 2.45. The van der Waals surface area contributed by atoms with E-state index in [0.29, 0.717) is 0 Å². The minimum absolute atomic E-state index is 0.00861. The van der Waals surface area contributed by atoms with Gasteiger partial charge < -0.3 is 40.9 Å². The summed E-state index contributed by atoms with van der Waals surface area (Å²) in [7, 11) is 0. The summed E-state index contributed by atoms with van der Waals surface area (Å²) in [6.07, 6.45) is 0. The van der Waals surface area contributed by atoms with Gasteiger partial charge in [-0.25, -0.2) is 0 Å². The van der Waals surface area contributed by atoms with Crippen LogP contribution >= 0.6 is 12.2 Å². The topological polar surface area (TPSA) is 137 Å². The maximum Gasteiger partial charge on any atom is 0.170 e. The molecule has 0 heterocycles. The number of thiocarbonyl (C=S) groups is 1. The lowest BCUT2D eigenvalue weighted by atomic mass is 10.2. The molecule has 0 amide bonds. The maximum atomic E-state index is 9.18. The Balaban J connectivity index is 4.95. The van der Waals surface area contributed by atoms with Crippen LogP contribution in [-0.4, -0.2) is 98.4 Å². The molecule has 8 nitrogen and oxygen atoms in total. The van der Waals surface area contributed by atoms with E-state index in [2.05, 4.69) is 5.32 Å². The Kier molecular flexibility index (Phi) is 9.97. The molecule has 0 aromatic carbocycles. The highest BCUT2D eigenvalue weighted by molar-refractivity contribution is 7.80. The van der Waals surface area contributed by atoms with Crippen LogP contribution in [0.4, 0.5) is 0 Å². The van der Waals surface area contributed by atoms with Crippen molar-refractivity contribution < 1.29 is 30.6 Å². The number of aliphatic hydroxyl groups is 6. The Labute approximate surface area is 116 Å². The van der Waals surface area contributed by atoms with Crippen molar-refractivity contribution in [2.75, 3.05) is 39.6 Å². The van der Waals surface area contributed by atoms with Crippen LogP contribution in [-0.2, 0) is 0 Å². The molecule has 0 fully saturated rings. The second-order valence-corrected chi connectivity index (χ2v) is 4.34. The predicted octanol–water partition coefficient (Wildman–Crippen LogP) is -3.78. The van der Waals surface area contributed by atoms with E-state index in [1.807, 2.05) is 0 Å². The molecular weight excluding hydrogens is 276 g/mol. The first kappa shape index (κ1) is 18.4. The number of aliphatic hydroxyl groups excluding tert-OH is 6. The van der Waals surface area contributed by atoms with Crippen molar-refractivity contribution in [2.45, 2.75) is 18.1 Å². The molecule has 0 aliphatic rings. The summed E-state index contributed by atoms with van der Waals surface area (Å²) in [4.78, 5) is 1.26. The molecular formula is C10H22N2O6S. The first-order valence-corrected chi connectivity index (χ1v) is 6.24. The lowest BCUT2D eigenvalue weighted by Gasteiger charge is -2.38. The number of rotatable bonds is 9. The SMILES string of the molecule is OCC(CO)NC(=S)N(C(CO)CO)C(CO)CO. The molecule has 0 unspecified atom stereocenters. The van der Waals surface area contributed by atoms with E-state index >= 15 is 0 Å². The standard InChI is InChI=1S/C10H22N2O6S/c13-1-7(2-14)11-10(19)12(8(3-15)4-16)9(5-17)6-18/h7-9,13-18H,1-6H2,(H,11,19). The van der Waals surface area contributed by atoms with Crippen LogP contribution < -0.4 is 5.32 Å². The summed E-state index contributed by atoms with van der Waals surface area (Å²) in [6.45, 7) is -2.46. The van der Waals surface area contributed by atoms with Gasteiger partial charge in [-0.05, 0) is 12.2 Å². The summed E-state index contributed by atoms with van der Waals surface area (Å²) in [6, 6.07) is -2.31. The first-order valence-electron chi connectivity index (χ1n) is 5.83. The molecule has 0 radical (unpaired) electrons. The Morgan fingerprint density at radius 1 is 0.789 bits per heavy atom. The van der Waals surface area contributed by atoms with Crippen LogP contribution in [0.1, 0.15) is 0 Å². The minimum atomic E-state index is -0.803. The predicted molar refractivity (Wildman–Crippen MR) is 71.5 cm³/mol. The van der Waals surface area contributed by atoms with Crippen LogP contribution in [0.3, 0.4) is 0 Å². The van der Waals surface area contributed by atoms with Crippen molar-refractivity contribution in [3.8, 4) is 0 Å². The Bertz CT molecular complexity index is 234. The second kappa shape index (κ2) is 10.3. The molecule has 0 spiro atoms. The number of hydrogen-bond donors (Lipinski definition) is 7. The van der Waals surface area contributed by atoms with E-state index < -0.39 is 44.6 Å². The molecule has 0 aliphatic heterocycles. The average molecular weight is 298 g/mol. The summed E-state index contributed by atoms with van der Waals surface area (Å²) in [5, 5.41) is 57.3. The van der Waals surface area contributed by atoms with Gasteiger partial charge in [0.1, 0.15) is 0 Å². The molecule has 0 rings (SSSR count). The normalized spacial score (nSPS) is 11.4. The van der Waals surface area contributed by atoms with Crippen molar-refractivity contribution in [1.82, 2.24) is 10.2 Å². The molecule has 0 aromatic rings. The maximum absolute atomic E-state index is 9.18. The zero-order valence-electron chi connectivity index (χ0n) is 10.5. The van der Waals surface area contributed by atoms with Crippen molar-refractivity contribution in [1.29, 1.82) is 0 Å². The molecule has 0 aliphatic carbocycles. The Morgan fingerprint density at radius 3 is 1.42 bits per heavy atom. The number of hydrogen-bond acceptors (Lipinski definition) is 7. The fourth-order valence-electron chi connectivity index (χ4n) is 1.50. The molecule has 0 saturated carbocycles. The molecule has 0 saturated heterocycles. The van der Waals surface area contributed by atoms with Gasteiger partial charge in [-0.15, -0.1) is 0 Å². The van der Waals surface area contributed by atoms with Crippen molar-refractivity contribution in [3.63, 3.8) is 0 Å². The molecule has 7 N–H and O–H groups in total. The van der Waals surface area contributed by atoms with Crippen molar-refractivity contribution in [2.24, 2.45) is 0 Å². The number of nitrogens with one attached hydrogen (secondary N) is 1. The van der Waals surface area contributed by atoms with Gasteiger partial charge in [0.2, 0.25) is 0 Å². The lowest BCUT2D eigenvalue weighted by molar-refractivity contribution is 0.0449. The molecule has 114 valence electrons. The van der Waals surface area contributed by atoms with E-state index in [9.17, 15) is 20.4 Å². The summed E-state index contributed by atoms with van der Waals surface area (Å²) in [5.74, 6) is 0. The minimum Gasteiger partial charge on any atom is -0.394 e. The van der Waals surface area contributed by atoms with Crippen LogP contribution in [0, 0.1) is 0 Å². The second-order valence-electron chi connectivity index (χ2n) is 3.96. The van der Waals surface area contributed by atoms with Gasteiger partial charge in [-0.2, -0.15) is 0 Å². The monoisotopic (exact) mass is 298 g/mol. The summed E-state index contributed by atoms with van der Waals surface area (Å²) < 4.78 is 0. The number of nitrogens with zero attached hydrogens (tertiary/aromatic N) is 1. The van der Waals surface area contributed by atoms with Gasteiger partial charge >= 0.3 is 0 Å². The lowest BCUT2D eigenvalue weighted by Crippen LogP contribution is -2.58. The Hall–Kier alpha value is -0.550. The molecule has 0 bridgehead atoms. The van der Waals surface area contributed by atoms with E-state index in [0.717, 1.165) is 0 Å². The first-order chi connectivity index (χ1) is 9.09. The van der Waals surface area contributed by atoms with E-state index in [-0.39, 0.29) is 18.3 Å². The third kappa shape index (κ3) is 5.53. The van der Waals surface area contributed by atoms with E-state index in [1.54, 1.807) is 0 Å². The molecule has 19 heavy (non-hydrogen) atoms. The fraction of sp³-hybridized carbons (Fsp3) is 0.900. The van der Waals surface area contributed by atoms with Gasteiger partial charge in [-0.1, -0.05) is 0 Å². The third-order valence-electron chi connectivity index (χ3n) is 2.63. The van der Waals surface area contributed by atoms with E-state index in [4.69, 9.17) is 22.4 Å². The van der Waals surface area contributed by atoms with Crippen LogP contribution in [0.2, 0.25) is 0 Å². The van der Waals surface area contributed by atoms with Gasteiger partial charge in [0, 0.05) is 0 Å². The quantitative estimate of drug-likeness (QED) is 0.214. The largest absolute Gasteiger partial charge is 0.394 e. The van der Waals surface area contributed by atoms with Crippen LogP contribution in [0.25, 0.3) is 0 Å². The van der Waals surface area contributed by atoms with Gasteiger partial charge in [-0.3, -0.25) is 0 Å². The summed E-state index contributed by atoms with van der Waals surface area (Å²) >= 11 is 5.05. The molecule has 9 heteroatoms. The van der Waals surface area contributed by atoms with Crippen molar-refractivity contribution >= 4 is 17.3 Å². The van der Waals surface area contributed by atoms with Gasteiger partial charge in [0.25, 0.3) is 0 Å². The highest BCUT2D eigenvalue weighted by Gasteiger charge is 2.28. The van der Waals surface area contributed by atoms with Crippen molar-refractivity contribution in [3.05, 3.63) is 0 Å². The fourth-order valence-corrected chi connectivity index (χ4v) is 1.96. The zero-order valence-corrected chi connectivity index (χ0v) is 11.3. The summed E-state index contributed by atoms with van der Waals surface area (Å²) in [5.41, 5.74) is 0.